The van der Waals surface area contributed by atoms with E-state index in [1.807, 2.05) is 50.2 Å². The van der Waals surface area contributed by atoms with Crippen LogP contribution in [0.15, 0.2) is 72.8 Å². The van der Waals surface area contributed by atoms with Gasteiger partial charge >= 0.3 is 6.09 Å². The fourth-order valence-electron chi connectivity index (χ4n) is 4.30. The highest BCUT2D eigenvalue weighted by Crippen LogP contribution is 2.44. The van der Waals surface area contributed by atoms with Crippen molar-refractivity contribution >= 4 is 17.7 Å². The van der Waals surface area contributed by atoms with Crippen LogP contribution in [0, 0.1) is 12.8 Å². The molecule has 0 saturated heterocycles. The Bertz CT molecular complexity index is 1090. The first-order chi connectivity index (χ1) is 15.9. The lowest BCUT2D eigenvalue weighted by Crippen LogP contribution is -2.45. The van der Waals surface area contributed by atoms with E-state index in [1.54, 1.807) is 12.1 Å². The maximum Gasteiger partial charge on any atom is 0.407 e. The average Bonchev–Trinajstić information content (AvgIpc) is 3.12. The van der Waals surface area contributed by atoms with Crippen LogP contribution in [-0.4, -0.2) is 24.6 Å². The average molecular weight is 442 g/mol. The maximum absolute atomic E-state index is 12.9. The van der Waals surface area contributed by atoms with E-state index in [0.717, 1.165) is 16.7 Å². The summed E-state index contributed by atoms with van der Waals surface area (Å²) >= 11 is 0. The molecule has 1 atom stereocenters. The van der Waals surface area contributed by atoms with Crippen molar-refractivity contribution in [2.24, 2.45) is 5.92 Å². The Morgan fingerprint density at radius 1 is 0.909 bits per heavy atom. The van der Waals surface area contributed by atoms with Crippen molar-refractivity contribution in [3.63, 3.8) is 0 Å². The van der Waals surface area contributed by atoms with Gasteiger partial charge in [0.05, 0.1) is 0 Å². The minimum Gasteiger partial charge on any atom is -0.449 e. The summed E-state index contributed by atoms with van der Waals surface area (Å²) in [5.74, 6) is -0.0763. The first-order valence-electron chi connectivity index (χ1n) is 11.3. The van der Waals surface area contributed by atoms with Gasteiger partial charge in [0.25, 0.3) is 0 Å². The van der Waals surface area contributed by atoms with Crippen molar-refractivity contribution in [1.29, 1.82) is 0 Å². The predicted octanol–water partition coefficient (Wildman–Crippen LogP) is 5.76. The van der Waals surface area contributed by atoms with E-state index in [0.29, 0.717) is 12.1 Å². The van der Waals surface area contributed by atoms with Gasteiger partial charge in [0, 0.05) is 11.6 Å². The fraction of sp³-hybridized carbons (Fsp3) is 0.250. The van der Waals surface area contributed by atoms with Gasteiger partial charge in [-0.25, -0.2) is 4.79 Å². The molecule has 5 heteroatoms. The van der Waals surface area contributed by atoms with Crippen LogP contribution in [0.2, 0.25) is 0 Å². The van der Waals surface area contributed by atoms with Gasteiger partial charge in [0.2, 0.25) is 5.91 Å². The summed E-state index contributed by atoms with van der Waals surface area (Å²) in [6, 6.07) is 22.9. The molecule has 0 bridgehead atoms. The number of hydrogen-bond acceptors (Lipinski definition) is 3. The summed E-state index contributed by atoms with van der Waals surface area (Å²) in [5.41, 5.74) is 6.17. The fourth-order valence-corrected chi connectivity index (χ4v) is 4.30. The van der Waals surface area contributed by atoms with Gasteiger partial charge in [-0.1, -0.05) is 74.5 Å². The number of amides is 2. The molecule has 2 amide bonds. The molecular formula is C28H29N2O3. The number of nitrogens with one attached hydrogen (secondary N) is 2. The number of ether oxygens (including phenoxy) is 1. The zero-order chi connectivity index (χ0) is 23.4. The van der Waals surface area contributed by atoms with Gasteiger partial charge in [-0.05, 0) is 59.2 Å². The Morgan fingerprint density at radius 3 is 2.06 bits per heavy atom. The normalized spacial score (nSPS) is 13.2. The molecule has 3 aromatic rings. The van der Waals surface area contributed by atoms with Gasteiger partial charge < -0.3 is 15.4 Å². The molecule has 0 aliphatic heterocycles. The molecule has 1 aliphatic rings. The Kier molecular flexibility index (Phi) is 6.78. The zero-order valence-corrected chi connectivity index (χ0v) is 19.0. The second-order valence-electron chi connectivity index (χ2n) is 8.84. The third-order valence-corrected chi connectivity index (χ3v) is 5.88. The number of rotatable bonds is 7. The third kappa shape index (κ3) is 5.25. The molecule has 0 saturated carbocycles. The van der Waals surface area contributed by atoms with Crippen molar-refractivity contribution < 1.29 is 14.3 Å². The van der Waals surface area contributed by atoms with E-state index in [-0.39, 0.29) is 24.3 Å². The monoisotopic (exact) mass is 441 g/mol. The Balaban J connectivity index is 1.42. The highest BCUT2D eigenvalue weighted by Gasteiger charge is 2.30. The van der Waals surface area contributed by atoms with Gasteiger partial charge in [0.15, 0.2) is 0 Å². The minimum atomic E-state index is -0.694. The molecule has 0 spiro atoms. The summed E-state index contributed by atoms with van der Waals surface area (Å²) in [4.78, 5) is 25.6. The summed E-state index contributed by atoms with van der Waals surface area (Å²) < 4.78 is 5.63. The molecule has 3 aromatic carbocycles. The molecule has 169 valence electrons. The second-order valence-corrected chi connectivity index (χ2v) is 8.84. The predicted molar refractivity (Wildman–Crippen MR) is 131 cm³/mol. The number of hydrogen-bond donors (Lipinski definition) is 2. The molecular weight excluding hydrogens is 412 g/mol. The molecule has 1 aliphatic carbocycles. The quantitative estimate of drug-likeness (QED) is 0.490. The molecule has 33 heavy (non-hydrogen) atoms. The smallest absolute Gasteiger partial charge is 0.407 e. The largest absolute Gasteiger partial charge is 0.449 e. The van der Waals surface area contributed by atoms with Crippen LogP contribution in [0.4, 0.5) is 10.5 Å². The van der Waals surface area contributed by atoms with Crippen molar-refractivity contribution in [2.75, 3.05) is 11.9 Å². The number of fused-ring (bicyclic) bond motifs is 3. The van der Waals surface area contributed by atoms with E-state index < -0.39 is 12.1 Å². The van der Waals surface area contributed by atoms with Crippen molar-refractivity contribution in [1.82, 2.24) is 5.32 Å². The number of carbonyl (C=O) groups excluding carboxylic acids is 2. The lowest BCUT2D eigenvalue weighted by atomic mass is 9.98. The topological polar surface area (TPSA) is 67.4 Å². The molecule has 2 N–H and O–H groups in total. The Hall–Kier alpha value is -3.60. The van der Waals surface area contributed by atoms with Crippen LogP contribution in [-0.2, 0) is 9.53 Å². The third-order valence-electron chi connectivity index (χ3n) is 5.88. The molecule has 0 heterocycles. The molecule has 0 unspecified atom stereocenters. The van der Waals surface area contributed by atoms with Gasteiger partial charge in [-0.15, -0.1) is 0 Å². The molecule has 0 aromatic heterocycles. The van der Waals surface area contributed by atoms with Gasteiger partial charge in [0.1, 0.15) is 12.6 Å². The first-order valence-corrected chi connectivity index (χ1v) is 11.3. The van der Waals surface area contributed by atoms with E-state index in [9.17, 15) is 9.59 Å². The van der Waals surface area contributed by atoms with Crippen LogP contribution < -0.4 is 10.6 Å². The lowest BCUT2D eigenvalue weighted by Gasteiger charge is -2.21. The molecule has 5 nitrogen and oxygen atoms in total. The summed E-state index contributed by atoms with van der Waals surface area (Å²) in [5, 5.41) is 5.63. The second kappa shape index (κ2) is 9.90. The van der Waals surface area contributed by atoms with Gasteiger partial charge in [-0.2, -0.15) is 0 Å². The number of carbonyl (C=O) groups is 2. The van der Waals surface area contributed by atoms with Crippen molar-refractivity contribution in [3.05, 3.63) is 96.4 Å². The van der Waals surface area contributed by atoms with Crippen molar-refractivity contribution in [3.8, 4) is 11.1 Å². The SMILES string of the molecule is [CH2]c1ccc(NC(=O)[C@H](CC(C)C)NC(=O)OCC2c3ccccc3-c3ccccc32)cc1. The summed E-state index contributed by atoms with van der Waals surface area (Å²) in [6.07, 6.45) is -0.0885. The van der Waals surface area contributed by atoms with E-state index in [4.69, 9.17) is 4.74 Å². The van der Waals surface area contributed by atoms with Crippen LogP contribution >= 0.6 is 0 Å². The van der Waals surface area contributed by atoms with Gasteiger partial charge in [-0.3, -0.25) is 4.79 Å². The molecule has 0 fully saturated rings. The van der Waals surface area contributed by atoms with Crippen LogP contribution in [0.3, 0.4) is 0 Å². The van der Waals surface area contributed by atoms with E-state index in [2.05, 4.69) is 41.8 Å². The van der Waals surface area contributed by atoms with Crippen LogP contribution in [0.25, 0.3) is 11.1 Å². The summed E-state index contributed by atoms with van der Waals surface area (Å²) in [7, 11) is 0. The number of alkyl carbamates (subject to hydrolysis) is 1. The first kappa shape index (κ1) is 22.6. The van der Waals surface area contributed by atoms with Crippen molar-refractivity contribution in [2.45, 2.75) is 32.2 Å². The van der Waals surface area contributed by atoms with E-state index >= 15 is 0 Å². The van der Waals surface area contributed by atoms with Crippen LogP contribution in [0.1, 0.15) is 42.9 Å². The Labute approximate surface area is 195 Å². The lowest BCUT2D eigenvalue weighted by molar-refractivity contribution is -0.118. The minimum absolute atomic E-state index is 0.0262. The highest BCUT2D eigenvalue weighted by atomic mass is 16.5. The molecule has 4 rings (SSSR count). The number of benzene rings is 3. The van der Waals surface area contributed by atoms with Crippen LogP contribution in [0.5, 0.6) is 0 Å². The number of anilines is 1. The van der Waals surface area contributed by atoms with E-state index in [1.165, 1.54) is 11.1 Å². The highest BCUT2D eigenvalue weighted by molar-refractivity contribution is 5.96. The molecule has 1 radical (unpaired) electrons. The zero-order valence-electron chi connectivity index (χ0n) is 19.0. The maximum atomic E-state index is 12.9. The summed E-state index contributed by atoms with van der Waals surface area (Å²) in [6.45, 7) is 8.08. The Morgan fingerprint density at radius 2 is 1.48 bits per heavy atom. The standard InChI is InChI=1S/C28H29N2O3/c1-18(2)16-26(27(31)29-20-14-12-19(3)13-15-20)30-28(32)33-17-25-23-10-6-4-8-21(23)22-9-5-7-11-24(22)25/h4-15,18,25-26H,3,16-17H2,1-2H3,(H,29,31)(H,30,32)/t26-/m0/s1.